The molecule has 0 aliphatic carbocycles. The van der Waals surface area contributed by atoms with Crippen molar-refractivity contribution in [3.8, 4) is 0 Å². The molecule has 0 fully saturated rings. The van der Waals surface area contributed by atoms with E-state index in [4.69, 9.17) is 0 Å². The summed E-state index contributed by atoms with van der Waals surface area (Å²) in [5.41, 5.74) is 3.01. The SMILES string of the molecule is Cc1cc(N=C(NO)c2nonc2SCCNC=O)ccc1F. The van der Waals surface area contributed by atoms with Crippen molar-refractivity contribution in [2.75, 3.05) is 12.3 Å². The van der Waals surface area contributed by atoms with E-state index in [9.17, 15) is 14.4 Å². The van der Waals surface area contributed by atoms with Crippen LogP contribution in [0.5, 0.6) is 0 Å². The van der Waals surface area contributed by atoms with Crippen LogP contribution in [0.15, 0.2) is 32.8 Å². The standard InChI is InChI=1S/C13H14FN5O3S/c1-8-6-9(2-3-10(8)14)16-12(17-21)11-13(19-22-18-11)23-5-4-15-7-20/h2-3,6-7,21H,4-5H2,1H3,(H,15,20)(H,16,17). The lowest BCUT2D eigenvalue weighted by Gasteiger charge is -2.04. The minimum atomic E-state index is -0.343. The van der Waals surface area contributed by atoms with Crippen molar-refractivity contribution >= 4 is 29.7 Å². The molecule has 1 amide bonds. The summed E-state index contributed by atoms with van der Waals surface area (Å²) in [5.74, 6) is 0.210. The Labute approximate surface area is 135 Å². The molecule has 23 heavy (non-hydrogen) atoms. The molecule has 1 heterocycles. The van der Waals surface area contributed by atoms with Gasteiger partial charge in [0.05, 0.1) is 5.69 Å². The van der Waals surface area contributed by atoms with Gasteiger partial charge in [0.25, 0.3) is 0 Å². The second kappa shape index (κ2) is 8.25. The molecule has 10 heteroatoms. The summed E-state index contributed by atoms with van der Waals surface area (Å²) in [6.45, 7) is 2.05. The second-order valence-electron chi connectivity index (χ2n) is 4.34. The number of aromatic nitrogens is 2. The number of carbonyl (C=O) groups excluding carboxylic acids is 1. The predicted octanol–water partition coefficient (Wildman–Crippen LogP) is 1.41. The molecule has 2 rings (SSSR count). The number of benzene rings is 1. The Balaban J connectivity index is 2.20. The molecule has 0 unspecified atom stereocenters. The quantitative estimate of drug-likeness (QED) is 0.175. The number of carbonyl (C=O) groups is 1. The number of thioether (sulfide) groups is 1. The van der Waals surface area contributed by atoms with Crippen LogP contribution in [0.25, 0.3) is 0 Å². The fourth-order valence-electron chi connectivity index (χ4n) is 1.64. The normalized spacial score (nSPS) is 11.3. The summed E-state index contributed by atoms with van der Waals surface area (Å²) < 4.78 is 17.9. The molecule has 2 aromatic rings. The lowest BCUT2D eigenvalue weighted by molar-refractivity contribution is -0.109. The molecule has 0 bridgehead atoms. The molecule has 0 aliphatic rings. The molecule has 122 valence electrons. The highest BCUT2D eigenvalue weighted by Gasteiger charge is 2.17. The maximum Gasteiger partial charge on any atom is 0.207 e. The van der Waals surface area contributed by atoms with Gasteiger partial charge in [-0.15, -0.1) is 0 Å². The molecule has 1 aromatic carbocycles. The lowest BCUT2D eigenvalue weighted by atomic mass is 10.2. The van der Waals surface area contributed by atoms with E-state index in [1.165, 1.54) is 30.0 Å². The Kier molecular flexibility index (Phi) is 6.06. The fourth-order valence-corrected chi connectivity index (χ4v) is 2.41. The zero-order chi connectivity index (χ0) is 16.7. The molecule has 0 saturated heterocycles. The van der Waals surface area contributed by atoms with Gasteiger partial charge in [-0.2, -0.15) is 0 Å². The number of aliphatic imine (C=N–C) groups is 1. The van der Waals surface area contributed by atoms with Crippen LogP contribution in [-0.4, -0.2) is 40.1 Å². The van der Waals surface area contributed by atoms with E-state index in [0.29, 0.717) is 35.0 Å². The number of hydrogen-bond donors (Lipinski definition) is 3. The first-order valence-corrected chi connectivity index (χ1v) is 7.52. The molecule has 3 N–H and O–H groups in total. The van der Waals surface area contributed by atoms with E-state index >= 15 is 0 Å². The van der Waals surface area contributed by atoms with Gasteiger partial charge in [-0.05, 0) is 41.0 Å². The van der Waals surface area contributed by atoms with E-state index in [1.54, 1.807) is 6.92 Å². The summed E-state index contributed by atoms with van der Waals surface area (Å²) in [6.07, 6.45) is 0.599. The van der Waals surface area contributed by atoms with Crippen molar-refractivity contribution in [3.05, 3.63) is 35.3 Å². The maximum absolute atomic E-state index is 13.3. The number of nitrogens with zero attached hydrogens (tertiary/aromatic N) is 3. The average Bonchev–Trinajstić information content (AvgIpc) is 3.01. The summed E-state index contributed by atoms with van der Waals surface area (Å²) in [5, 5.41) is 19.6. The molecule has 0 spiro atoms. The summed E-state index contributed by atoms with van der Waals surface area (Å²) in [6, 6.07) is 4.28. The van der Waals surface area contributed by atoms with Crippen LogP contribution < -0.4 is 10.8 Å². The van der Waals surface area contributed by atoms with Gasteiger partial charge >= 0.3 is 0 Å². The summed E-state index contributed by atoms with van der Waals surface area (Å²) in [4.78, 5) is 14.4. The predicted molar refractivity (Wildman–Crippen MR) is 81.3 cm³/mol. The smallest absolute Gasteiger partial charge is 0.207 e. The molecular formula is C13H14FN5O3S. The van der Waals surface area contributed by atoms with Crippen LogP contribution >= 0.6 is 11.8 Å². The fraction of sp³-hybridized carbons (Fsp3) is 0.231. The highest BCUT2D eigenvalue weighted by Crippen LogP contribution is 2.21. The number of halogens is 1. The van der Waals surface area contributed by atoms with E-state index in [0.717, 1.165) is 0 Å². The van der Waals surface area contributed by atoms with Crippen molar-refractivity contribution in [3.63, 3.8) is 0 Å². The summed E-state index contributed by atoms with van der Waals surface area (Å²) in [7, 11) is 0. The van der Waals surface area contributed by atoms with Gasteiger partial charge in [-0.25, -0.2) is 14.0 Å². The maximum atomic E-state index is 13.3. The number of rotatable bonds is 7. The van der Waals surface area contributed by atoms with Gasteiger partial charge in [0, 0.05) is 12.3 Å². The van der Waals surface area contributed by atoms with Crippen molar-refractivity contribution in [2.45, 2.75) is 11.9 Å². The van der Waals surface area contributed by atoms with Gasteiger partial charge < -0.3 is 5.32 Å². The van der Waals surface area contributed by atoms with Gasteiger partial charge in [-0.1, -0.05) is 11.8 Å². The van der Waals surface area contributed by atoms with Crippen LogP contribution in [-0.2, 0) is 4.79 Å². The molecule has 0 aliphatic heterocycles. The number of nitrogens with one attached hydrogen (secondary N) is 2. The summed E-state index contributed by atoms with van der Waals surface area (Å²) >= 11 is 1.27. The zero-order valence-electron chi connectivity index (χ0n) is 12.1. The lowest BCUT2D eigenvalue weighted by Crippen LogP contribution is -2.21. The first-order chi connectivity index (χ1) is 11.2. The van der Waals surface area contributed by atoms with Crippen molar-refractivity contribution in [2.24, 2.45) is 4.99 Å². The number of aryl methyl sites for hydroxylation is 1. The Morgan fingerprint density at radius 3 is 3.04 bits per heavy atom. The van der Waals surface area contributed by atoms with E-state index in [-0.39, 0.29) is 17.3 Å². The van der Waals surface area contributed by atoms with E-state index in [2.05, 4.69) is 25.3 Å². The molecule has 1 aromatic heterocycles. The van der Waals surface area contributed by atoms with Gasteiger partial charge in [0.2, 0.25) is 6.41 Å². The third-order valence-corrected chi connectivity index (χ3v) is 3.69. The van der Waals surface area contributed by atoms with Crippen molar-refractivity contribution < 1.29 is 19.0 Å². The Morgan fingerprint density at radius 2 is 2.35 bits per heavy atom. The molecular weight excluding hydrogens is 325 g/mol. The average molecular weight is 339 g/mol. The van der Waals surface area contributed by atoms with Gasteiger partial charge in [0.1, 0.15) is 5.82 Å². The largest absolute Gasteiger partial charge is 0.358 e. The monoisotopic (exact) mass is 339 g/mol. The van der Waals surface area contributed by atoms with Gasteiger partial charge in [0.15, 0.2) is 16.6 Å². The Morgan fingerprint density at radius 1 is 1.52 bits per heavy atom. The Bertz CT molecular complexity index is 707. The van der Waals surface area contributed by atoms with Gasteiger partial charge in [-0.3, -0.25) is 15.5 Å². The van der Waals surface area contributed by atoms with Crippen LogP contribution in [0.2, 0.25) is 0 Å². The molecule has 8 nitrogen and oxygen atoms in total. The molecule has 0 saturated carbocycles. The number of hydroxylamine groups is 1. The topological polar surface area (TPSA) is 113 Å². The highest BCUT2D eigenvalue weighted by molar-refractivity contribution is 7.99. The minimum Gasteiger partial charge on any atom is -0.358 e. The van der Waals surface area contributed by atoms with E-state index in [1.807, 2.05) is 5.48 Å². The Hall–Kier alpha value is -2.46. The third kappa shape index (κ3) is 4.50. The van der Waals surface area contributed by atoms with Crippen molar-refractivity contribution in [1.82, 2.24) is 21.1 Å². The highest BCUT2D eigenvalue weighted by atomic mass is 32.2. The number of hydrogen-bond acceptors (Lipinski definition) is 7. The van der Waals surface area contributed by atoms with E-state index < -0.39 is 0 Å². The molecule has 0 atom stereocenters. The van der Waals surface area contributed by atoms with Crippen LogP contribution in [0.3, 0.4) is 0 Å². The zero-order valence-corrected chi connectivity index (χ0v) is 12.9. The van der Waals surface area contributed by atoms with Crippen molar-refractivity contribution in [1.29, 1.82) is 0 Å². The van der Waals surface area contributed by atoms with Crippen LogP contribution in [0.1, 0.15) is 11.3 Å². The number of amidine groups is 1. The van der Waals surface area contributed by atoms with Crippen LogP contribution in [0.4, 0.5) is 10.1 Å². The van der Waals surface area contributed by atoms with Crippen LogP contribution in [0, 0.1) is 12.7 Å². The minimum absolute atomic E-state index is 0.0168. The first kappa shape index (κ1) is 16.9. The molecule has 0 radical (unpaired) electrons. The third-order valence-electron chi connectivity index (χ3n) is 2.74. The first-order valence-electron chi connectivity index (χ1n) is 6.53. The second-order valence-corrected chi connectivity index (χ2v) is 5.43. The number of amides is 1.